The summed E-state index contributed by atoms with van der Waals surface area (Å²) in [5.74, 6) is -0.916. The van der Waals surface area contributed by atoms with Gasteiger partial charge in [0.05, 0.1) is 0 Å². The number of hydrogen-bond donors (Lipinski definition) is 0. The van der Waals surface area contributed by atoms with Crippen molar-refractivity contribution in [3.63, 3.8) is 0 Å². The van der Waals surface area contributed by atoms with E-state index >= 15 is 0 Å². The molecule has 0 bridgehead atoms. The van der Waals surface area contributed by atoms with Crippen LogP contribution in [0.1, 0.15) is 5.56 Å². The monoisotopic (exact) mass is 220 g/mol. The third-order valence-electron chi connectivity index (χ3n) is 2.15. The Morgan fingerprint density at radius 1 is 0.812 bits per heavy atom. The molecule has 0 heterocycles. The van der Waals surface area contributed by atoms with Crippen LogP contribution in [0.3, 0.4) is 0 Å². The molecule has 0 aliphatic heterocycles. The van der Waals surface area contributed by atoms with Crippen molar-refractivity contribution in [1.29, 1.82) is 0 Å². The van der Waals surface area contributed by atoms with Crippen molar-refractivity contribution < 1.29 is 13.5 Å². The molecule has 0 aromatic heterocycles. The van der Waals surface area contributed by atoms with E-state index < -0.39 is 11.6 Å². The van der Waals surface area contributed by atoms with Crippen molar-refractivity contribution in [1.82, 2.24) is 0 Å². The van der Waals surface area contributed by atoms with Crippen LogP contribution < -0.4 is 4.74 Å². The highest BCUT2D eigenvalue weighted by Gasteiger charge is 2.03. The molecule has 2 rings (SSSR count). The molecule has 0 amide bonds. The lowest BCUT2D eigenvalue weighted by Gasteiger charge is -2.05. The minimum absolute atomic E-state index is 0.280. The fourth-order valence-electron chi connectivity index (χ4n) is 1.28. The highest BCUT2D eigenvalue weighted by Crippen LogP contribution is 2.23. The fraction of sp³-hybridized carbons (Fsp3) is 0.0769. The summed E-state index contributed by atoms with van der Waals surface area (Å²) in [7, 11) is 0. The molecule has 0 radical (unpaired) electrons. The summed E-state index contributed by atoms with van der Waals surface area (Å²) in [4.78, 5) is 0. The smallest absolute Gasteiger partial charge is 0.162 e. The third kappa shape index (κ3) is 2.37. The summed E-state index contributed by atoms with van der Waals surface area (Å²) in [5, 5.41) is 0. The van der Waals surface area contributed by atoms with Crippen molar-refractivity contribution in [2.24, 2.45) is 0 Å². The Morgan fingerprint density at radius 2 is 1.44 bits per heavy atom. The highest BCUT2D eigenvalue weighted by atomic mass is 19.2. The molecule has 0 aliphatic carbocycles. The Labute approximate surface area is 92.3 Å². The predicted octanol–water partition coefficient (Wildman–Crippen LogP) is 4.07. The van der Waals surface area contributed by atoms with E-state index in [2.05, 4.69) is 0 Å². The van der Waals surface area contributed by atoms with E-state index in [0.717, 1.165) is 17.7 Å². The predicted molar refractivity (Wildman–Crippen MR) is 57.6 cm³/mol. The minimum atomic E-state index is -0.912. The standard InChI is InChI=1S/C13H10F2O/c1-9-2-4-10(5-3-9)16-11-6-7-12(14)13(15)8-11/h2-8H,1H3. The lowest BCUT2D eigenvalue weighted by molar-refractivity contribution is 0.461. The van der Waals surface area contributed by atoms with E-state index in [0.29, 0.717) is 5.75 Å². The first kappa shape index (κ1) is 10.6. The highest BCUT2D eigenvalue weighted by molar-refractivity contribution is 5.33. The van der Waals surface area contributed by atoms with Gasteiger partial charge in [-0.25, -0.2) is 8.78 Å². The Hall–Kier alpha value is -1.90. The summed E-state index contributed by atoms with van der Waals surface area (Å²) in [6.07, 6.45) is 0. The van der Waals surface area contributed by atoms with Gasteiger partial charge in [-0.3, -0.25) is 0 Å². The van der Waals surface area contributed by atoms with E-state index in [9.17, 15) is 8.78 Å². The molecule has 0 aliphatic rings. The van der Waals surface area contributed by atoms with Crippen LogP contribution >= 0.6 is 0 Å². The van der Waals surface area contributed by atoms with Gasteiger partial charge in [0.1, 0.15) is 11.5 Å². The molecule has 3 heteroatoms. The second-order valence-corrected chi connectivity index (χ2v) is 3.49. The van der Waals surface area contributed by atoms with Gasteiger partial charge in [0, 0.05) is 6.07 Å². The summed E-state index contributed by atoms with van der Waals surface area (Å²) in [6, 6.07) is 10.8. The second-order valence-electron chi connectivity index (χ2n) is 3.49. The van der Waals surface area contributed by atoms with Gasteiger partial charge in [0.15, 0.2) is 11.6 Å². The summed E-state index contributed by atoms with van der Waals surface area (Å²) in [6.45, 7) is 1.96. The topological polar surface area (TPSA) is 9.23 Å². The van der Waals surface area contributed by atoms with Crippen LogP contribution in [0.25, 0.3) is 0 Å². The zero-order valence-electron chi connectivity index (χ0n) is 8.71. The number of aryl methyl sites for hydroxylation is 1. The van der Waals surface area contributed by atoms with Crippen molar-refractivity contribution in [3.8, 4) is 11.5 Å². The fourth-order valence-corrected chi connectivity index (χ4v) is 1.28. The van der Waals surface area contributed by atoms with E-state index in [1.54, 1.807) is 12.1 Å². The largest absolute Gasteiger partial charge is 0.457 e. The average molecular weight is 220 g/mol. The van der Waals surface area contributed by atoms with Crippen LogP contribution in [-0.4, -0.2) is 0 Å². The molecule has 0 fully saturated rings. The molecule has 0 atom stereocenters. The van der Waals surface area contributed by atoms with Gasteiger partial charge in [0.25, 0.3) is 0 Å². The molecule has 16 heavy (non-hydrogen) atoms. The molecular formula is C13H10F2O. The van der Waals surface area contributed by atoms with Crippen molar-refractivity contribution >= 4 is 0 Å². The molecule has 0 spiro atoms. The van der Waals surface area contributed by atoms with Crippen LogP contribution in [0.2, 0.25) is 0 Å². The van der Waals surface area contributed by atoms with Crippen molar-refractivity contribution in [2.45, 2.75) is 6.92 Å². The van der Waals surface area contributed by atoms with E-state index in [1.165, 1.54) is 6.07 Å². The third-order valence-corrected chi connectivity index (χ3v) is 2.15. The van der Waals surface area contributed by atoms with Crippen LogP contribution in [0.4, 0.5) is 8.78 Å². The van der Waals surface area contributed by atoms with Crippen LogP contribution in [-0.2, 0) is 0 Å². The number of hydrogen-bond acceptors (Lipinski definition) is 1. The Kier molecular flexibility index (Phi) is 2.86. The van der Waals surface area contributed by atoms with E-state index in [-0.39, 0.29) is 5.75 Å². The average Bonchev–Trinajstić information content (AvgIpc) is 2.27. The number of ether oxygens (including phenoxy) is 1. The van der Waals surface area contributed by atoms with Gasteiger partial charge in [-0.1, -0.05) is 17.7 Å². The molecule has 1 nitrogen and oxygen atoms in total. The number of benzene rings is 2. The number of halogens is 2. The quantitative estimate of drug-likeness (QED) is 0.741. The van der Waals surface area contributed by atoms with Crippen LogP contribution in [0.15, 0.2) is 42.5 Å². The lowest BCUT2D eigenvalue weighted by atomic mass is 10.2. The Bertz CT molecular complexity index is 492. The maximum absolute atomic E-state index is 12.9. The summed E-state index contributed by atoms with van der Waals surface area (Å²) < 4.78 is 30.9. The Balaban J connectivity index is 2.20. The van der Waals surface area contributed by atoms with E-state index in [4.69, 9.17) is 4.74 Å². The molecule has 0 N–H and O–H groups in total. The van der Waals surface area contributed by atoms with Gasteiger partial charge in [-0.15, -0.1) is 0 Å². The van der Waals surface area contributed by atoms with Gasteiger partial charge in [-0.05, 0) is 31.2 Å². The van der Waals surface area contributed by atoms with E-state index in [1.807, 2.05) is 19.1 Å². The molecule has 2 aromatic carbocycles. The zero-order chi connectivity index (χ0) is 11.5. The van der Waals surface area contributed by atoms with Crippen molar-refractivity contribution in [3.05, 3.63) is 59.7 Å². The van der Waals surface area contributed by atoms with Gasteiger partial charge in [-0.2, -0.15) is 0 Å². The van der Waals surface area contributed by atoms with Crippen LogP contribution in [0.5, 0.6) is 11.5 Å². The lowest BCUT2D eigenvalue weighted by Crippen LogP contribution is -1.88. The zero-order valence-corrected chi connectivity index (χ0v) is 8.71. The second kappa shape index (κ2) is 4.31. The van der Waals surface area contributed by atoms with Crippen LogP contribution in [0, 0.1) is 18.6 Å². The summed E-state index contributed by atoms with van der Waals surface area (Å²) >= 11 is 0. The first-order valence-corrected chi connectivity index (χ1v) is 4.85. The number of rotatable bonds is 2. The molecule has 0 unspecified atom stereocenters. The maximum Gasteiger partial charge on any atom is 0.162 e. The maximum atomic E-state index is 12.9. The molecular weight excluding hydrogens is 210 g/mol. The summed E-state index contributed by atoms with van der Waals surface area (Å²) in [5.41, 5.74) is 1.11. The van der Waals surface area contributed by atoms with Crippen molar-refractivity contribution in [2.75, 3.05) is 0 Å². The molecule has 0 saturated heterocycles. The normalized spacial score (nSPS) is 10.2. The van der Waals surface area contributed by atoms with Gasteiger partial charge >= 0.3 is 0 Å². The van der Waals surface area contributed by atoms with Gasteiger partial charge in [0.2, 0.25) is 0 Å². The first-order valence-electron chi connectivity index (χ1n) is 4.85. The Morgan fingerprint density at radius 3 is 2.06 bits per heavy atom. The SMILES string of the molecule is Cc1ccc(Oc2ccc(F)c(F)c2)cc1. The first-order chi connectivity index (χ1) is 7.65. The molecule has 82 valence electrons. The van der Waals surface area contributed by atoms with Gasteiger partial charge < -0.3 is 4.74 Å². The minimum Gasteiger partial charge on any atom is -0.457 e. The molecule has 0 saturated carbocycles. The molecule has 2 aromatic rings.